The second-order valence-electron chi connectivity index (χ2n) is 13.5. The van der Waals surface area contributed by atoms with E-state index in [1.54, 1.807) is 29.0 Å². The highest BCUT2D eigenvalue weighted by molar-refractivity contribution is 6.37. The second kappa shape index (κ2) is 12.2. The number of fused-ring (bicyclic) bond motifs is 5. The number of carbonyl (C=O) groups is 2. The number of hydrogen-bond donors (Lipinski definition) is 1. The van der Waals surface area contributed by atoms with Crippen LogP contribution in [0.2, 0.25) is 5.02 Å². The molecule has 48 heavy (non-hydrogen) atoms. The number of nitrogens with zero attached hydrogens (tertiary/aromatic N) is 6. The molecule has 2 unspecified atom stereocenters. The van der Waals surface area contributed by atoms with Gasteiger partial charge in [0.15, 0.2) is 6.79 Å². The molecule has 2 bridgehead atoms. The van der Waals surface area contributed by atoms with E-state index in [0.29, 0.717) is 66.9 Å². The number of benzene rings is 2. The molecule has 2 amide bonds. The van der Waals surface area contributed by atoms with Crippen molar-refractivity contribution < 1.29 is 33.3 Å². The molecule has 3 aromatic rings. The topological polar surface area (TPSA) is 121 Å². The van der Waals surface area contributed by atoms with Crippen LogP contribution in [0.4, 0.5) is 20.7 Å². The normalized spacial score (nSPS) is 26.7. The van der Waals surface area contributed by atoms with Crippen molar-refractivity contribution in [3.8, 4) is 11.8 Å². The maximum Gasteiger partial charge on any atom is 0.407 e. The average molecular weight is 681 g/mol. The molecule has 8 rings (SSSR count). The highest BCUT2D eigenvalue weighted by Gasteiger charge is 2.50. The van der Waals surface area contributed by atoms with Gasteiger partial charge in [-0.1, -0.05) is 23.7 Å². The van der Waals surface area contributed by atoms with Gasteiger partial charge in [-0.25, -0.2) is 9.18 Å². The number of anilines is 2. The number of carboxylic acid groups (broad SMARTS) is 1. The Labute approximate surface area is 282 Å². The maximum absolute atomic E-state index is 14.6. The summed E-state index contributed by atoms with van der Waals surface area (Å²) in [5, 5.41) is 11.9. The van der Waals surface area contributed by atoms with Gasteiger partial charge in [-0.05, 0) is 56.2 Å². The van der Waals surface area contributed by atoms with E-state index in [0.717, 1.165) is 43.0 Å². The van der Waals surface area contributed by atoms with E-state index < -0.39 is 17.8 Å². The minimum atomic E-state index is -0.910. The molecule has 12 nitrogen and oxygen atoms in total. The van der Waals surface area contributed by atoms with Crippen LogP contribution in [-0.2, 0) is 11.2 Å². The van der Waals surface area contributed by atoms with E-state index in [1.807, 2.05) is 18.2 Å². The Morgan fingerprint density at radius 3 is 2.71 bits per heavy atom. The quantitative estimate of drug-likeness (QED) is 0.334. The van der Waals surface area contributed by atoms with E-state index in [2.05, 4.69) is 9.80 Å². The number of carbonyl (C=O) groups excluding carboxylic acids is 1. The van der Waals surface area contributed by atoms with Crippen molar-refractivity contribution in [1.82, 2.24) is 19.8 Å². The minimum absolute atomic E-state index is 0.0405. The molecule has 4 atom stereocenters. The molecule has 1 aromatic heterocycles. The summed E-state index contributed by atoms with van der Waals surface area (Å²) in [5.41, 5.74) is 1.11. The van der Waals surface area contributed by atoms with Gasteiger partial charge < -0.3 is 29.1 Å². The molecule has 0 aliphatic carbocycles. The van der Waals surface area contributed by atoms with Crippen molar-refractivity contribution in [1.29, 1.82) is 0 Å². The first kappa shape index (κ1) is 31.3. The number of halogens is 2. The molecule has 5 aliphatic heterocycles. The van der Waals surface area contributed by atoms with Crippen LogP contribution in [0.5, 0.6) is 11.8 Å². The van der Waals surface area contributed by atoms with Gasteiger partial charge in [-0.15, -0.1) is 0 Å². The molecule has 4 fully saturated rings. The molecule has 254 valence electrons. The lowest BCUT2D eigenvalue weighted by molar-refractivity contribution is 0.0512. The third kappa shape index (κ3) is 5.26. The van der Waals surface area contributed by atoms with Crippen LogP contribution in [-0.4, -0.2) is 114 Å². The van der Waals surface area contributed by atoms with Crippen molar-refractivity contribution in [2.45, 2.75) is 62.3 Å². The SMILES string of the molecule is COCOc1cc(N2CCc3c(nc(OC[C@@]45CCCN4C[C@H](F)C5)nc3N3CC4CCC(C3)N4C(=O)O)C2=O)c2c(Cl)cccc2c1. The van der Waals surface area contributed by atoms with Gasteiger partial charge in [0.05, 0.1) is 28.3 Å². The van der Waals surface area contributed by atoms with Gasteiger partial charge >= 0.3 is 12.1 Å². The lowest BCUT2D eigenvalue weighted by Gasteiger charge is -2.41. The summed E-state index contributed by atoms with van der Waals surface area (Å²) in [6.07, 6.45) is 2.38. The number of aromatic nitrogens is 2. The number of hydrogen-bond acceptors (Lipinski definition) is 9. The summed E-state index contributed by atoms with van der Waals surface area (Å²) < 4.78 is 31.8. The Balaban J connectivity index is 1.18. The monoisotopic (exact) mass is 680 g/mol. The molecule has 5 aliphatic rings. The molecular weight excluding hydrogens is 643 g/mol. The van der Waals surface area contributed by atoms with Crippen LogP contribution in [0.3, 0.4) is 0 Å². The molecule has 0 radical (unpaired) electrons. The van der Waals surface area contributed by atoms with Gasteiger partial charge in [0.25, 0.3) is 5.91 Å². The minimum Gasteiger partial charge on any atom is -0.467 e. The van der Waals surface area contributed by atoms with E-state index in [4.69, 9.17) is 35.8 Å². The van der Waals surface area contributed by atoms with Crippen molar-refractivity contribution in [3.63, 3.8) is 0 Å². The van der Waals surface area contributed by atoms with Crippen molar-refractivity contribution >= 4 is 45.9 Å². The van der Waals surface area contributed by atoms with Crippen LogP contribution in [0, 0.1) is 0 Å². The lowest BCUT2D eigenvalue weighted by atomic mass is 9.95. The third-order valence-corrected chi connectivity index (χ3v) is 11.1. The number of amides is 2. The van der Waals surface area contributed by atoms with Crippen LogP contribution in [0.15, 0.2) is 30.3 Å². The summed E-state index contributed by atoms with van der Waals surface area (Å²) in [4.78, 5) is 43.7. The fraction of sp³-hybridized carbons (Fsp3) is 0.529. The zero-order valence-electron chi connectivity index (χ0n) is 26.7. The Kier molecular flexibility index (Phi) is 7.96. The van der Waals surface area contributed by atoms with Crippen molar-refractivity contribution in [3.05, 3.63) is 46.6 Å². The van der Waals surface area contributed by atoms with Gasteiger partial charge in [0.1, 0.15) is 30.0 Å². The molecule has 4 saturated heterocycles. The first-order valence-electron chi connectivity index (χ1n) is 16.6. The fourth-order valence-corrected chi connectivity index (χ4v) is 8.94. The Hall–Kier alpha value is -3.94. The van der Waals surface area contributed by atoms with Crippen LogP contribution in [0.1, 0.15) is 48.2 Å². The largest absolute Gasteiger partial charge is 0.467 e. The second-order valence-corrected chi connectivity index (χ2v) is 13.9. The van der Waals surface area contributed by atoms with Crippen molar-refractivity contribution in [2.75, 3.05) is 63.0 Å². The number of piperazine rings is 1. The Bertz CT molecular complexity index is 1770. The first-order valence-corrected chi connectivity index (χ1v) is 17.0. The highest BCUT2D eigenvalue weighted by Crippen LogP contribution is 2.43. The number of rotatable bonds is 8. The maximum atomic E-state index is 14.6. The molecule has 6 heterocycles. The summed E-state index contributed by atoms with van der Waals surface area (Å²) in [6.45, 7) is 2.75. The van der Waals surface area contributed by atoms with E-state index >= 15 is 0 Å². The summed E-state index contributed by atoms with van der Waals surface area (Å²) >= 11 is 6.73. The lowest BCUT2D eigenvalue weighted by Crippen LogP contribution is -2.56. The van der Waals surface area contributed by atoms with E-state index in [1.165, 1.54) is 0 Å². The highest BCUT2D eigenvalue weighted by atomic mass is 35.5. The third-order valence-electron chi connectivity index (χ3n) is 10.7. The van der Waals surface area contributed by atoms with Crippen LogP contribution in [0.25, 0.3) is 10.8 Å². The molecule has 14 heteroatoms. The molecular formula is C34H38ClFN6O6. The molecule has 2 aromatic carbocycles. The Morgan fingerprint density at radius 1 is 1.12 bits per heavy atom. The Morgan fingerprint density at radius 2 is 1.94 bits per heavy atom. The molecule has 0 saturated carbocycles. The van der Waals surface area contributed by atoms with Gasteiger partial charge in [-0.2, -0.15) is 9.97 Å². The summed E-state index contributed by atoms with van der Waals surface area (Å²) in [6, 6.07) is 8.95. The van der Waals surface area contributed by atoms with Gasteiger partial charge in [0.2, 0.25) is 0 Å². The summed E-state index contributed by atoms with van der Waals surface area (Å²) in [5.74, 6) is 0.801. The number of alkyl halides is 1. The summed E-state index contributed by atoms with van der Waals surface area (Å²) in [7, 11) is 1.54. The number of ether oxygens (including phenoxy) is 3. The molecule has 1 N–H and O–H groups in total. The van der Waals surface area contributed by atoms with E-state index in [-0.39, 0.29) is 43.1 Å². The number of methoxy groups -OCH3 is 1. The fourth-order valence-electron chi connectivity index (χ4n) is 8.66. The first-order chi connectivity index (χ1) is 23.2. The van der Waals surface area contributed by atoms with Crippen LogP contribution >= 0.6 is 11.6 Å². The average Bonchev–Trinajstić information content (AvgIpc) is 3.69. The smallest absolute Gasteiger partial charge is 0.407 e. The standard InChI is InChI=1S/C34H38ClFN6O6/c1-46-19-48-24-12-20-4-2-5-26(35)28(20)27(13-24)41-11-8-25-29(31(41)43)37-32(47-18-34-9-3-10-40(34)15-21(36)14-34)38-30(25)39-16-22-6-7-23(17-39)42(22)33(44)45/h2,4-5,12-13,21-23H,3,6-11,14-19H2,1H3,(H,44,45)/t21-,22?,23?,34+/m1/s1. The van der Waals surface area contributed by atoms with Gasteiger partial charge in [0, 0.05) is 56.7 Å². The van der Waals surface area contributed by atoms with Crippen LogP contribution < -0.4 is 19.3 Å². The zero-order chi connectivity index (χ0) is 33.2. The van der Waals surface area contributed by atoms with Gasteiger partial charge in [-0.3, -0.25) is 14.6 Å². The predicted octanol–water partition coefficient (Wildman–Crippen LogP) is 4.76. The van der Waals surface area contributed by atoms with E-state index in [9.17, 15) is 19.1 Å². The van der Waals surface area contributed by atoms with Crippen molar-refractivity contribution in [2.24, 2.45) is 0 Å². The predicted molar refractivity (Wildman–Crippen MR) is 176 cm³/mol. The molecule has 0 spiro atoms. The zero-order valence-corrected chi connectivity index (χ0v) is 27.5.